The van der Waals surface area contributed by atoms with Crippen molar-refractivity contribution >= 4 is 5.69 Å². The van der Waals surface area contributed by atoms with Crippen LogP contribution in [0.1, 0.15) is 30.9 Å². The largest absolute Gasteiger partial charge is 0.378 e. The van der Waals surface area contributed by atoms with Gasteiger partial charge in [-0.3, -0.25) is 5.10 Å². The second-order valence-corrected chi connectivity index (χ2v) is 4.24. The maximum atomic E-state index is 3.88. The van der Waals surface area contributed by atoms with Gasteiger partial charge < -0.3 is 5.32 Å². The monoisotopic (exact) mass is 215 g/mol. The Kier molecular flexibility index (Phi) is 3.25. The first-order chi connectivity index (χ1) is 7.75. The van der Waals surface area contributed by atoms with Crippen LogP contribution in [0.15, 0.2) is 36.7 Å². The van der Waals surface area contributed by atoms with Gasteiger partial charge in [0.2, 0.25) is 0 Å². The average Bonchev–Trinajstić information content (AvgIpc) is 2.80. The molecule has 0 atom stereocenters. The highest BCUT2D eigenvalue weighted by molar-refractivity contribution is 5.38. The maximum Gasteiger partial charge on any atom is 0.0726 e. The second kappa shape index (κ2) is 4.84. The third-order valence-corrected chi connectivity index (χ3v) is 2.64. The zero-order chi connectivity index (χ0) is 11.4. The summed E-state index contributed by atoms with van der Waals surface area (Å²) in [5.41, 5.74) is 3.69. The third kappa shape index (κ3) is 2.63. The fourth-order valence-corrected chi connectivity index (χ4v) is 1.57. The van der Waals surface area contributed by atoms with E-state index in [2.05, 4.69) is 53.6 Å². The number of aromatic nitrogens is 2. The zero-order valence-electron chi connectivity index (χ0n) is 9.70. The van der Waals surface area contributed by atoms with Gasteiger partial charge in [-0.1, -0.05) is 38.1 Å². The van der Waals surface area contributed by atoms with Crippen LogP contribution in [0.3, 0.4) is 0 Å². The molecule has 0 aliphatic rings. The molecular weight excluding hydrogens is 198 g/mol. The number of rotatable bonds is 4. The summed E-state index contributed by atoms with van der Waals surface area (Å²) in [6.45, 7) is 5.25. The number of H-pyrrole nitrogens is 1. The highest BCUT2D eigenvalue weighted by Crippen LogP contribution is 2.15. The summed E-state index contributed by atoms with van der Waals surface area (Å²) in [6, 6.07) is 8.72. The van der Waals surface area contributed by atoms with E-state index in [0.717, 1.165) is 12.2 Å². The molecule has 1 aromatic carbocycles. The Bertz CT molecular complexity index is 415. The fourth-order valence-electron chi connectivity index (χ4n) is 1.57. The highest BCUT2D eigenvalue weighted by atomic mass is 15.1. The maximum absolute atomic E-state index is 3.88. The molecule has 3 heteroatoms. The fraction of sp³-hybridized carbons (Fsp3) is 0.308. The van der Waals surface area contributed by atoms with E-state index in [0.29, 0.717) is 5.92 Å². The third-order valence-electron chi connectivity index (χ3n) is 2.64. The van der Waals surface area contributed by atoms with Gasteiger partial charge in [-0.15, -0.1) is 0 Å². The lowest BCUT2D eigenvalue weighted by atomic mass is 10.0. The summed E-state index contributed by atoms with van der Waals surface area (Å²) >= 11 is 0. The lowest BCUT2D eigenvalue weighted by molar-refractivity contribution is 0.865. The Morgan fingerprint density at radius 3 is 2.56 bits per heavy atom. The van der Waals surface area contributed by atoms with Gasteiger partial charge in [-0.05, 0) is 17.0 Å². The van der Waals surface area contributed by atoms with Gasteiger partial charge in [0.25, 0.3) is 0 Å². The molecule has 1 heterocycles. The Morgan fingerprint density at radius 2 is 2.00 bits per heavy atom. The van der Waals surface area contributed by atoms with Crippen LogP contribution in [0.2, 0.25) is 0 Å². The lowest BCUT2D eigenvalue weighted by Crippen LogP contribution is -1.98. The van der Waals surface area contributed by atoms with Gasteiger partial charge in [-0.25, -0.2) is 0 Å². The van der Waals surface area contributed by atoms with Crippen LogP contribution in [0.4, 0.5) is 5.69 Å². The quantitative estimate of drug-likeness (QED) is 0.822. The molecule has 0 amide bonds. The number of aromatic amines is 1. The van der Waals surface area contributed by atoms with Gasteiger partial charge in [-0.2, -0.15) is 5.10 Å². The van der Waals surface area contributed by atoms with Crippen molar-refractivity contribution in [1.29, 1.82) is 0 Å². The molecule has 0 saturated carbocycles. The molecule has 0 bridgehead atoms. The molecule has 0 fully saturated rings. The van der Waals surface area contributed by atoms with Crippen molar-refractivity contribution in [1.82, 2.24) is 10.2 Å². The average molecular weight is 215 g/mol. The Labute approximate surface area is 95.9 Å². The van der Waals surface area contributed by atoms with E-state index < -0.39 is 0 Å². The van der Waals surface area contributed by atoms with E-state index in [-0.39, 0.29) is 0 Å². The van der Waals surface area contributed by atoms with Crippen molar-refractivity contribution < 1.29 is 0 Å². The van der Waals surface area contributed by atoms with Crippen molar-refractivity contribution in [2.75, 3.05) is 5.32 Å². The van der Waals surface area contributed by atoms with E-state index in [9.17, 15) is 0 Å². The number of hydrogen-bond donors (Lipinski definition) is 2. The van der Waals surface area contributed by atoms with Gasteiger partial charge >= 0.3 is 0 Å². The van der Waals surface area contributed by atoms with E-state index in [1.165, 1.54) is 11.1 Å². The van der Waals surface area contributed by atoms with Crippen molar-refractivity contribution in [3.8, 4) is 0 Å². The molecular formula is C13H17N3. The molecule has 0 aliphatic heterocycles. The van der Waals surface area contributed by atoms with Gasteiger partial charge in [0, 0.05) is 12.7 Å². The summed E-state index contributed by atoms with van der Waals surface area (Å²) < 4.78 is 0. The Balaban J connectivity index is 1.95. The van der Waals surface area contributed by atoms with Gasteiger partial charge in [0.1, 0.15) is 0 Å². The molecule has 84 valence electrons. The number of nitrogens with zero attached hydrogens (tertiary/aromatic N) is 1. The Morgan fingerprint density at radius 1 is 1.25 bits per heavy atom. The second-order valence-electron chi connectivity index (χ2n) is 4.24. The van der Waals surface area contributed by atoms with E-state index >= 15 is 0 Å². The van der Waals surface area contributed by atoms with Crippen molar-refractivity contribution in [3.05, 3.63) is 47.8 Å². The van der Waals surface area contributed by atoms with Crippen LogP contribution in [0, 0.1) is 0 Å². The molecule has 16 heavy (non-hydrogen) atoms. The minimum atomic E-state index is 0.593. The molecule has 0 unspecified atom stereocenters. The number of anilines is 1. The normalized spacial score (nSPS) is 10.7. The predicted molar refractivity (Wildman–Crippen MR) is 66.4 cm³/mol. The first-order valence-corrected chi connectivity index (χ1v) is 5.57. The summed E-state index contributed by atoms with van der Waals surface area (Å²) in [7, 11) is 0. The Hall–Kier alpha value is -1.77. The molecule has 3 nitrogen and oxygen atoms in total. The van der Waals surface area contributed by atoms with Crippen LogP contribution in [0.25, 0.3) is 0 Å². The van der Waals surface area contributed by atoms with Crippen LogP contribution in [0.5, 0.6) is 0 Å². The molecule has 2 N–H and O–H groups in total. The summed E-state index contributed by atoms with van der Waals surface area (Å²) in [6.07, 6.45) is 3.63. The van der Waals surface area contributed by atoms with E-state index in [4.69, 9.17) is 0 Å². The molecule has 0 spiro atoms. The van der Waals surface area contributed by atoms with Crippen molar-refractivity contribution in [2.45, 2.75) is 26.3 Å². The summed E-state index contributed by atoms with van der Waals surface area (Å²) in [4.78, 5) is 0. The molecule has 2 rings (SSSR count). The summed E-state index contributed by atoms with van der Waals surface area (Å²) in [5.74, 6) is 0.593. The molecule has 2 aromatic rings. The minimum absolute atomic E-state index is 0.593. The zero-order valence-corrected chi connectivity index (χ0v) is 9.70. The molecule has 0 aliphatic carbocycles. The first kappa shape index (κ1) is 10.7. The smallest absolute Gasteiger partial charge is 0.0726 e. The molecule has 0 radical (unpaired) electrons. The van der Waals surface area contributed by atoms with Crippen LogP contribution < -0.4 is 5.32 Å². The number of hydrogen-bond acceptors (Lipinski definition) is 2. The van der Waals surface area contributed by atoms with E-state index in [1.807, 2.05) is 6.20 Å². The standard InChI is InChI=1S/C13H17N3/c1-10(2)12-5-3-11(4-6-12)7-14-13-8-15-16-9-13/h3-6,8-10,14H,7H2,1-2H3,(H,15,16). The highest BCUT2D eigenvalue weighted by Gasteiger charge is 1.99. The van der Waals surface area contributed by atoms with Gasteiger partial charge in [0.15, 0.2) is 0 Å². The van der Waals surface area contributed by atoms with Crippen LogP contribution in [-0.4, -0.2) is 10.2 Å². The topological polar surface area (TPSA) is 40.7 Å². The molecule has 0 saturated heterocycles. The molecule has 1 aromatic heterocycles. The number of nitrogens with one attached hydrogen (secondary N) is 2. The van der Waals surface area contributed by atoms with Crippen molar-refractivity contribution in [3.63, 3.8) is 0 Å². The van der Waals surface area contributed by atoms with E-state index in [1.54, 1.807) is 6.20 Å². The first-order valence-electron chi connectivity index (χ1n) is 5.57. The van der Waals surface area contributed by atoms with Crippen LogP contribution >= 0.6 is 0 Å². The summed E-state index contributed by atoms with van der Waals surface area (Å²) in [5, 5.41) is 9.96. The van der Waals surface area contributed by atoms with Crippen molar-refractivity contribution in [2.24, 2.45) is 0 Å². The lowest BCUT2D eigenvalue weighted by Gasteiger charge is -2.07. The van der Waals surface area contributed by atoms with Crippen LogP contribution in [-0.2, 0) is 6.54 Å². The van der Waals surface area contributed by atoms with Gasteiger partial charge in [0.05, 0.1) is 11.9 Å². The predicted octanol–water partition coefficient (Wildman–Crippen LogP) is 3.15. The number of benzene rings is 1. The minimum Gasteiger partial charge on any atom is -0.378 e. The SMILES string of the molecule is CC(C)c1ccc(CNc2cn[nH]c2)cc1.